The van der Waals surface area contributed by atoms with E-state index < -0.39 is 0 Å². The minimum Gasteiger partial charge on any atom is -0.378 e. The quantitative estimate of drug-likeness (QED) is 0.925. The smallest absolute Gasteiger partial charge is 0.269 e. The Morgan fingerprint density at radius 3 is 3.19 bits per heavy atom. The second-order valence-corrected chi connectivity index (χ2v) is 7.00. The standard InChI is InChI=1S/C16H25N3O2/c1-16(2)7-5-12(21-11-16)6-8-17-15(20)13-10-18-14-4-3-9-19(13)14/h10,12H,3-9,11H2,1-2H3,(H,17,20). The summed E-state index contributed by atoms with van der Waals surface area (Å²) in [6, 6.07) is 0. The molecule has 1 aromatic rings. The summed E-state index contributed by atoms with van der Waals surface area (Å²) in [5.41, 5.74) is 1.01. The van der Waals surface area contributed by atoms with Crippen molar-refractivity contribution < 1.29 is 9.53 Å². The van der Waals surface area contributed by atoms with Gasteiger partial charge in [-0.2, -0.15) is 0 Å². The Bertz CT molecular complexity index is 512. The van der Waals surface area contributed by atoms with Crippen LogP contribution in [0.5, 0.6) is 0 Å². The predicted octanol–water partition coefficient (Wildman–Crippen LogP) is 2.15. The van der Waals surface area contributed by atoms with Crippen LogP contribution in [0.1, 0.15) is 55.8 Å². The van der Waals surface area contributed by atoms with Gasteiger partial charge in [-0.1, -0.05) is 13.8 Å². The third-order valence-electron chi connectivity index (χ3n) is 4.56. The van der Waals surface area contributed by atoms with Gasteiger partial charge < -0.3 is 14.6 Å². The molecule has 1 atom stereocenters. The zero-order chi connectivity index (χ0) is 14.9. The van der Waals surface area contributed by atoms with Gasteiger partial charge >= 0.3 is 0 Å². The number of ether oxygens (including phenoxy) is 1. The van der Waals surface area contributed by atoms with Crippen molar-refractivity contribution in [2.45, 2.75) is 58.6 Å². The lowest BCUT2D eigenvalue weighted by atomic mass is 9.85. The largest absolute Gasteiger partial charge is 0.378 e. The van der Waals surface area contributed by atoms with Gasteiger partial charge in [0.05, 0.1) is 18.9 Å². The second-order valence-electron chi connectivity index (χ2n) is 7.00. The van der Waals surface area contributed by atoms with Gasteiger partial charge in [-0.3, -0.25) is 4.79 Å². The Hall–Kier alpha value is -1.36. The first-order valence-corrected chi connectivity index (χ1v) is 7.99. The van der Waals surface area contributed by atoms with E-state index in [1.54, 1.807) is 6.20 Å². The van der Waals surface area contributed by atoms with Crippen molar-refractivity contribution in [2.24, 2.45) is 5.41 Å². The summed E-state index contributed by atoms with van der Waals surface area (Å²) in [5.74, 6) is 1.03. The first kappa shape index (κ1) is 14.6. The van der Waals surface area contributed by atoms with Gasteiger partial charge in [0.1, 0.15) is 11.5 Å². The van der Waals surface area contributed by atoms with E-state index in [1.807, 2.05) is 4.57 Å². The number of aromatic nitrogens is 2. The Balaban J connectivity index is 1.44. The molecule has 0 aromatic carbocycles. The number of nitrogens with zero attached hydrogens (tertiary/aromatic N) is 2. The summed E-state index contributed by atoms with van der Waals surface area (Å²) in [6.07, 6.45) is 7.24. The maximum absolute atomic E-state index is 12.2. The highest BCUT2D eigenvalue weighted by atomic mass is 16.5. The summed E-state index contributed by atoms with van der Waals surface area (Å²) >= 11 is 0. The molecule has 1 fully saturated rings. The highest BCUT2D eigenvalue weighted by Gasteiger charge is 2.27. The molecule has 0 aliphatic carbocycles. The van der Waals surface area contributed by atoms with Gasteiger partial charge in [0, 0.05) is 19.5 Å². The molecule has 1 saturated heterocycles. The van der Waals surface area contributed by atoms with E-state index in [4.69, 9.17) is 4.74 Å². The maximum atomic E-state index is 12.2. The van der Waals surface area contributed by atoms with Crippen LogP contribution in [0.15, 0.2) is 6.20 Å². The van der Waals surface area contributed by atoms with Crippen LogP contribution in [0.25, 0.3) is 0 Å². The van der Waals surface area contributed by atoms with Crippen LogP contribution in [-0.2, 0) is 17.7 Å². The minimum absolute atomic E-state index is 0.00760. The number of fused-ring (bicyclic) bond motifs is 1. The molecule has 21 heavy (non-hydrogen) atoms. The molecule has 5 heteroatoms. The highest BCUT2D eigenvalue weighted by Crippen LogP contribution is 2.30. The number of carbonyl (C=O) groups is 1. The number of nitrogens with one attached hydrogen (secondary N) is 1. The van der Waals surface area contributed by atoms with Crippen molar-refractivity contribution >= 4 is 5.91 Å². The fourth-order valence-corrected chi connectivity index (χ4v) is 3.16. The summed E-state index contributed by atoms with van der Waals surface area (Å²) in [6.45, 7) is 6.89. The van der Waals surface area contributed by atoms with E-state index in [1.165, 1.54) is 6.42 Å². The van der Waals surface area contributed by atoms with E-state index >= 15 is 0 Å². The Morgan fingerprint density at radius 1 is 1.57 bits per heavy atom. The molecular weight excluding hydrogens is 266 g/mol. The molecule has 2 aliphatic heterocycles. The van der Waals surface area contributed by atoms with Crippen LogP contribution in [-0.4, -0.2) is 34.7 Å². The molecule has 1 unspecified atom stereocenters. The molecule has 3 rings (SSSR count). The topological polar surface area (TPSA) is 56.2 Å². The molecule has 1 N–H and O–H groups in total. The molecule has 1 amide bonds. The number of rotatable bonds is 4. The average molecular weight is 291 g/mol. The molecule has 3 heterocycles. The van der Waals surface area contributed by atoms with Crippen molar-refractivity contribution in [3.8, 4) is 0 Å². The fraction of sp³-hybridized carbons (Fsp3) is 0.750. The van der Waals surface area contributed by atoms with E-state index in [0.29, 0.717) is 17.7 Å². The lowest BCUT2D eigenvalue weighted by molar-refractivity contribution is -0.0506. The molecule has 0 saturated carbocycles. The van der Waals surface area contributed by atoms with Crippen molar-refractivity contribution in [3.63, 3.8) is 0 Å². The van der Waals surface area contributed by atoms with Crippen LogP contribution in [0, 0.1) is 5.41 Å². The molecule has 116 valence electrons. The van der Waals surface area contributed by atoms with E-state index in [0.717, 1.165) is 44.7 Å². The lowest BCUT2D eigenvalue weighted by Gasteiger charge is -2.34. The number of carbonyl (C=O) groups excluding carboxylic acids is 1. The maximum Gasteiger partial charge on any atom is 0.269 e. The molecule has 0 spiro atoms. The van der Waals surface area contributed by atoms with Gasteiger partial charge in [-0.15, -0.1) is 0 Å². The van der Waals surface area contributed by atoms with Gasteiger partial charge in [0.2, 0.25) is 0 Å². The van der Waals surface area contributed by atoms with Crippen LogP contribution >= 0.6 is 0 Å². The van der Waals surface area contributed by atoms with Crippen molar-refractivity contribution in [1.82, 2.24) is 14.9 Å². The molecule has 1 aromatic heterocycles. The number of aryl methyl sites for hydroxylation is 1. The Morgan fingerprint density at radius 2 is 2.43 bits per heavy atom. The SMILES string of the molecule is CC1(C)CCC(CCNC(=O)c2cnc3n2CCC3)OC1. The summed E-state index contributed by atoms with van der Waals surface area (Å²) < 4.78 is 7.91. The average Bonchev–Trinajstić information content (AvgIpc) is 3.03. The molecule has 0 bridgehead atoms. The van der Waals surface area contributed by atoms with Gasteiger partial charge in [0.25, 0.3) is 5.91 Å². The van der Waals surface area contributed by atoms with Crippen molar-refractivity contribution in [3.05, 3.63) is 17.7 Å². The summed E-state index contributed by atoms with van der Waals surface area (Å²) in [4.78, 5) is 16.5. The summed E-state index contributed by atoms with van der Waals surface area (Å²) in [7, 11) is 0. The predicted molar refractivity (Wildman–Crippen MR) is 80.3 cm³/mol. The molecule has 5 nitrogen and oxygen atoms in total. The van der Waals surface area contributed by atoms with Crippen LogP contribution in [0.2, 0.25) is 0 Å². The third-order valence-corrected chi connectivity index (χ3v) is 4.56. The minimum atomic E-state index is -0.00760. The molecule has 2 aliphatic rings. The molecular formula is C16H25N3O2. The normalized spacial score (nSPS) is 23.8. The number of amides is 1. The molecule has 0 radical (unpaired) electrons. The third kappa shape index (κ3) is 3.28. The van der Waals surface area contributed by atoms with Crippen LogP contribution in [0.4, 0.5) is 0 Å². The van der Waals surface area contributed by atoms with Gasteiger partial charge in [-0.05, 0) is 31.1 Å². The number of hydrogen-bond acceptors (Lipinski definition) is 3. The Kier molecular flexibility index (Phi) is 4.02. The zero-order valence-electron chi connectivity index (χ0n) is 13.0. The van der Waals surface area contributed by atoms with Crippen molar-refractivity contribution in [1.29, 1.82) is 0 Å². The van der Waals surface area contributed by atoms with E-state index in [2.05, 4.69) is 24.1 Å². The van der Waals surface area contributed by atoms with E-state index in [-0.39, 0.29) is 12.0 Å². The first-order valence-electron chi connectivity index (χ1n) is 7.99. The second kappa shape index (κ2) is 5.79. The Labute approximate surface area is 126 Å². The first-order chi connectivity index (χ1) is 10.1. The summed E-state index contributed by atoms with van der Waals surface area (Å²) in [5, 5.41) is 3.00. The number of hydrogen-bond donors (Lipinski definition) is 1. The van der Waals surface area contributed by atoms with Gasteiger partial charge in [0.15, 0.2) is 0 Å². The zero-order valence-corrected chi connectivity index (χ0v) is 13.0. The van der Waals surface area contributed by atoms with Crippen LogP contribution in [0.3, 0.4) is 0 Å². The number of imidazole rings is 1. The monoisotopic (exact) mass is 291 g/mol. The van der Waals surface area contributed by atoms with Gasteiger partial charge in [-0.25, -0.2) is 4.98 Å². The van der Waals surface area contributed by atoms with Crippen molar-refractivity contribution in [2.75, 3.05) is 13.2 Å². The van der Waals surface area contributed by atoms with E-state index in [9.17, 15) is 4.79 Å². The lowest BCUT2D eigenvalue weighted by Crippen LogP contribution is -2.35. The fourth-order valence-electron chi connectivity index (χ4n) is 3.16. The highest BCUT2D eigenvalue weighted by molar-refractivity contribution is 5.92. The van der Waals surface area contributed by atoms with Crippen LogP contribution < -0.4 is 5.32 Å².